The highest BCUT2D eigenvalue weighted by Gasteiger charge is 2.20. The third kappa shape index (κ3) is 6.39. The Morgan fingerprint density at radius 1 is 1.43 bits per heavy atom. The minimum atomic E-state index is 0.652. The molecule has 14 heavy (non-hydrogen) atoms. The number of hydrogen-bond donors (Lipinski definition) is 1. The van der Waals surface area contributed by atoms with Crippen LogP contribution in [0.2, 0.25) is 0 Å². The van der Waals surface area contributed by atoms with Gasteiger partial charge in [-0.2, -0.15) is 0 Å². The van der Waals surface area contributed by atoms with Crippen molar-refractivity contribution < 1.29 is 4.74 Å². The van der Waals surface area contributed by atoms with Crippen LogP contribution in [-0.2, 0) is 4.74 Å². The van der Waals surface area contributed by atoms with Gasteiger partial charge in [0.15, 0.2) is 0 Å². The number of rotatable bonds is 9. The Morgan fingerprint density at radius 3 is 2.86 bits per heavy atom. The van der Waals surface area contributed by atoms with E-state index in [1.165, 1.54) is 32.1 Å². The fraction of sp³-hybridized carbons (Fsp3) is 1.00. The molecule has 0 spiro atoms. The van der Waals surface area contributed by atoms with Gasteiger partial charge in [0.25, 0.3) is 0 Å². The predicted molar refractivity (Wildman–Crippen MR) is 60.5 cm³/mol. The molecule has 1 aliphatic rings. The van der Waals surface area contributed by atoms with E-state index in [1.807, 2.05) is 0 Å². The van der Waals surface area contributed by atoms with Crippen molar-refractivity contribution in [2.24, 2.45) is 5.92 Å². The maximum atomic E-state index is 5.58. The highest BCUT2D eigenvalue weighted by molar-refractivity contribution is 4.71. The number of nitrogens with one attached hydrogen (secondary N) is 1. The standard InChI is InChI=1S/C12H25NO/c1-3-8-13-11(2)5-4-9-14-10-12-6-7-12/h11-13H,3-10H2,1-2H3. The fourth-order valence-corrected chi connectivity index (χ4v) is 1.52. The van der Waals surface area contributed by atoms with E-state index >= 15 is 0 Å². The molecule has 0 aliphatic heterocycles. The van der Waals surface area contributed by atoms with Crippen molar-refractivity contribution in [2.45, 2.75) is 52.0 Å². The molecular formula is C12H25NO. The van der Waals surface area contributed by atoms with E-state index in [4.69, 9.17) is 4.74 Å². The Balaban J connectivity index is 1.77. The molecule has 84 valence electrons. The summed E-state index contributed by atoms with van der Waals surface area (Å²) in [5.41, 5.74) is 0. The summed E-state index contributed by atoms with van der Waals surface area (Å²) in [7, 11) is 0. The van der Waals surface area contributed by atoms with Crippen molar-refractivity contribution in [1.82, 2.24) is 5.32 Å². The Bertz CT molecular complexity index is 134. The summed E-state index contributed by atoms with van der Waals surface area (Å²) < 4.78 is 5.58. The Kier molecular flexibility index (Phi) is 6.20. The second-order valence-corrected chi connectivity index (χ2v) is 4.52. The summed E-state index contributed by atoms with van der Waals surface area (Å²) in [6, 6.07) is 0.652. The first-order valence-corrected chi connectivity index (χ1v) is 6.14. The van der Waals surface area contributed by atoms with Crippen LogP contribution in [0.4, 0.5) is 0 Å². The van der Waals surface area contributed by atoms with Gasteiger partial charge >= 0.3 is 0 Å². The predicted octanol–water partition coefficient (Wildman–Crippen LogP) is 2.58. The number of ether oxygens (including phenoxy) is 1. The molecule has 0 saturated heterocycles. The lowest BCUT2D eigenvalue weighted by atomic mass is 10.2. The summed E-state index contributed by atoms with van der Waals surface area (Å²) in [6.07, 6.45) is 6.46. The van der Waals surface area contributed by atoms with Gasteiger partial charge < -0.3 is 10.1 Å². The van der Waals surface area contributed by atoms with E-state index in [-0.39, 0.29) is 0 Å². The topological polar surface area (TPSA) is 21.3 Å². The highest BCUT2D eigenvalue weighted by Crippen LogP contribution is 2.28. The quantitative estimate of drug-likeness (QED) is 0.576. The first-order chi connectivity index (χ1) is 6.83. The molecule has 0 aromatic rings. The van der Waals surface area contributed by atoms with Crippen LogP contribution in [0.1, 0.15) is 46.0 Å². The average molecular weight is 199 g/mol. The van der Waals surface area contributed by atoms with Crippen LogP contribution >= 0.6 is 0 Å². The van der Waals surface area contributed by atoms with Gasteiger partial charge in [-0.15, -0.1) is 0 Å². The van der Waals surface area contributed by atoms with Crippen molar-refractivity contribution in [3.8, 4) is 0 Å². The van der Waals surface area contributed by atoms with E-state index in [0.717, 1.165) is 25.7 Å². The molecule has 1 aliphatic carbocycles. The van der Waals surface area contributed by atoms with Crippen LogP contribution in [0.15, 0.2) is 0 Å². The lowest BCUT2D eigenvalue weighted by molar-refractivity contribution is 0.119. The van der Waals surface area contributed by atoms with Crippen LogP contribution in [0, 0.1) is 5.92 Å². The number of hydrogen-bond acceptors (Lipinski definition) is 2. The zero-order valence-electron chi connectivity index (χ0n) is 9.72. The molecule has 1 N–H and O–H groups in total. The Morgan fingerprint density at radius 2 is 2.21 bits per heavy atom. The minimum absolute atomic E-state index is 0.652. The molecule has 1 saturated carbocycles. The van der Waals surface area contributed by atoms with E-state index in [0.29, 0.717) is 6.04 Å². The smallest absolute Gasteiger partial charge is 0.0494 e. The average Bonchev–Trinajstić information content (AvgIpc) is 2.98. The monoisotopic (exact) mass is 199 g/mol. The van der Waals surface area contributed by atoms with Gasteiger partial charge in [-0.25, -0.2) is 0 Å². The molecular weight excluding hydrogens is 174 g/mol. The molecule has 0 amide bonds. The normalized spacial score (nSPS) is 18.4. The Labute approximate surface area is 88.4 Å². The van der Waals surface area contributed by atoms with Gasteiger partial charge in [-0.3, -0.25) is 0 Å². The molecule has 1 fully saturated rings. The lowest BCUT2D eigenvalue weighted by Crippen LogP contribution is -2.26. The third-order valence-corrected chi connectivity index (χ3v) is 2.72. The summed E-state index contributed by atoms with van der Waals surface area (Å²) in [5.74, 6) is 0.908. The summed E-state index contributed by atoms with van der Waals surface area (Å²) in [5, 5.41) is 3.49. The summed E-state index contributed by atoms with van der Waals surface area (Å²) >= 11 is 0. The first-order valence-electron chi connectivity index (χ1n) is 6.14. The largest absolute Gasteiger partial charge is 0.381 e. The molecule has 2 heteroatoms. The highest BCUT2D eigenvalue weighted by atomic mass is 16.5. The lowest BCUT2D eigenvalue weighted by Gasteiger charge is -2.12. The zero-order valence-corrected chi connectivity index (χ0v) is 9.72. The molecule has 0 aromatic heterocycles. The fourth-order valence-electron chi connectivity index (χ4n) is 1.52. The van der Waals surface area contributed by atoms with Crippen LogP contribution in [0.3, 0.4) is 0 Å². The minimum Gasteiger partial charge on any atom is -0.381 e. The van der Waals surface area contributed by atoms with E-state index in [2.05, 4.69) is 19.2 Å². The molecule has 0 aromatic carbocycles. The van der Waals surface area contributed by atoms with Gasteiger partial charge in [-0.05, 0) is 51.5 Å². The van der Waals surface area contributed by atoms with Gasteiger partial charge in [-0.1, -0.05) is 6.92 Å². The van der Waals surface area contributed by atoms with Crippen LogP contribution in [0.25, 0.3) is 0 Å². The van der Waals surface area contributed by atoms with E-state index < -0.39 is 0 Å². The summed E-state index contributed by atoms with van der Waals surface area (Å²) in [6.45, 7) is 7.57. The van der Waals surface area contributed by atoms with Crippen LogP contribution in [-0.4, -0.2) is 25.8 Å². The summed E-state index contributed by atoms with van der Waals surface area (Å²) in [4.78, 5) is 0. The third-order valence-electron chi connectivity index (χ3n) is 2.72. The van der Waals surface area contributed by atoms with E-state index in [1.54, 1.807) is 0 Å². The molecule has 1 atom stereocenters. The molecule has 2 nitrogen and oxygen atoms in total. The Hall–Kier alpha value is -0.0800. The van der Waals surface area contributed by atoms with Gasteiger partial charge in [0.2, 0.25) is 0 Å². The zero-order chi connectivity index (χ0) is 10.2. The van der Waals surface area contributed by atoms with Crippen LogP contribution in [0.5, 0.6) is 0 Å². The second kappa shape index (κ2) is 7.24. The molecule has 0 heterocycles. The van der Waals surface area contributed by atoms with Crippen molar-refractivity contribution in [2.75, 3.05) is 19.8 Å². The van der Waals surface area contributed by atoms with Crippen molar-refractivity contribution in [3.63, 3.8) is 0 Å². The molecule has 1 rings (SSSR count). The SMILES string of the molecule is CCCNC(C)CCCOCC1CC1. The van der Waals surface area contributed by atoms with Gasteiger partial charge in [0.1, 0.15) is 0 Å². The van der Waals surface area contributed by atoms with Crippen molar-refractivity contribution >= 4 is 0 Å². The van der Waals surface area contributed by atoms with E-state index in [9.17, 15) is 0 Å². The maximum Gasteiger partial charge on any atom is 0.0494 e. The van der Waals surface area contributed by atoms with Crippen molar-refractivity contribution in [3.05, 3.63) is 0 Å². The second-order valence-electron chi connectivity index (χ2n) is 4.52. The molecule has 1 unspecified atom stereocenters. The first kappa shape index (κ1) is 12.0. The van der Waals surface area contributed by atoms with Crippen molar-refractivity contribution in [1.29, 1.82) is 0 Å². The van der Waals surface area contributed by atoms with Gasteiger partial charge in [0.05, 0.1) is 0 Å². The molecule has 0 bridgehead atoms. The maximum absolute atomic E-state index is 5.58. The van der Waals surface area contributed by atoms with Crippen LogP contribution < -0.4 is 5.32 Å². The van der Waals surface area contributed by atoms with Gasteiger partial charge in [0, 0.05) is 19.3 Å². The molecule has 0 radical (unpaired) electrons.